The Kier molecular flexibility index (Phi) is 7.57. The quantitative estimate of drug-likeness (QED) is 0.520. The lowest BCUT2D eigenvalue weighted by Crippen LogP contribution is -2.50. The number of carbonyl (C=O) groups excluding carboxylic acids is 1. The van der Waals surface area contributed by atoms with Crippen LogP contribution >= 0.6 is 23.3 Å². The zero-order valence-corrected chi connectivity index (χ0v) is 17.5. The Morgan fingerprint density at radius 3 is 2.15 bits per heavy atom. The Hall–Kier alpha value is -0.860. The highest BCUT2D eigenvalue weighted by Crippen LogP contribution is 2.31. The van der Waals surface area contributed by atoms with Crippen LogP contribution in [0.15, 0.2) is 4.34 Å². The molecule has 2 aliphatic rings. The molecule has 8 heteroatoms. The van der Waals surface area contributed by atoms with Gasteiger partial charge in [-0.15, -0.1) is 10.2 Å². The number of anilines is 1. The first-order valence-corrected chi connectivity index (χ1v) is 11.6. The van der Waals surface area contributed by atoms with Crippen molar-refractivity contribution in [2.75, 3.05) is 5.32 Å². The SMILES string of the molecule is CC(C)NSc1nnc(NC(=O)N(C2CCCCC2)C2CCCCC2)s1. The second-order valence-corrected chi connectivity index (χ2v) is 9.73. The van der Waals surface area contributed by atoms with Crippen molar-refractivity contribution in [1.82, 2.24) is 19.8 Å². The first-order chi connectivity index (χ1) is 12.6. The van der Waals surface area contributed by atoms with Crippen LogP contribution in [0, 0.1) is 0 Å². The van der Waals surface area contributed by atoms with E-state index in [0.717, 1.165) is 30.0 Å². The Balaban J connectivity index is 1.64. The van der Waals surface area contributed by atoms with Crippen LogP contribution in [-0.2, 0) is 0 Å². The van der Waals surface area contributed by atoms with Crippen molar-refractivity contribution in [3.8, 4) is 0 Å². The topological polar surface area (TPSA) is 70.1 Å². The van der Waals surface area contributed by atoms with Crippen LogP contribution < -0.4 is 10.0 Å². The molecule has 26 heavy (non-hydrogen) atoms. The average Bonchev–Trinajstić information content (AvgIpc) is 3.09. The molecule has 6 nitrogen and oxygen atoms in total. The molecule has 0 spiro atoms. The summed E-state index contributed by atoms with van der Waals surface area (Å²) in [6, 6.07) is 1.16. The van der Waals surface area contributed by atoms with Crippen molar-refractivity contribution in [3.63, 3.8) is 0 Å². The summed E-state index contributed by atoms with van der Waals surface area (Å²) < 4.78 is 4.09. The number of nitrogens with one attached hydrogen (secondary N) is 2. The molecule has 2 aliphatic carbocycles. The second-order valence-electron chi connectivity index (χ2n) is 7.67. The number of aromatic nitrogens is 2. The van der Waals surface area contributed by atoms with E-state index >= 15 is 0 Å². The third kappa shape index (κ3) is 5.57. The van der Waals surface area contributed by atoms with E-state index in [-0.39, 0.29) is 6.03 Å². The summed E-state index contributed by atoms with van der Waals surface area (Å²) in [7, 11) is 0. The van der Waals surface area contributed by atoms with Gasteiger partial charge in [-0.1, -0.05) is 49.9 Å². The normalized spacial score (nSPS) is 19.7. The van der Waals surface area contributed by atoms with Crippen molar-refractivity contribution in [1.29, 1.82) is 0 Å². The molecule has 146 valence electrons. The lowest BCUT2D eigenvalue weighted by atomic mass is 9.89. The van der Waals surface area contributed by atoms with Gasteiger partial charge in [0.25, 0.3) is 0 Å². The summed E-state index contributed by atoms with van der Waals surface area (Å²) in [4.78, 5) is 15.3. The third-order valence-electron chi connectivity index (χ3n) is 5.17. The van der Waals surface area contributed by atoms with Gasteiger partial charge in [-0.3, -0.25) is 10.0 Å². The van der Waals surface area contributed by atoms with Gasteiger partial charge < -0.3 is 4.90 Å². The van der Waals surface area contributed by atoms with Gasteiger partial charge in [0.1, 0.15) is 0 Å². The number of nitrogens with zero attached hydrogens (tertiary/aromatic N) is 3. The number of carbonyl (C=O) groups is 1. The zero-order chi connectivity index (χ0) is 18.4. The average molecular weight is 398 g/mol. The zero-order valence-electron chi connectivity index (χ0n) is 15.9. The van der Waals surface area contributed by atoms with Gasteiger partial charge >= 0.3 is 6.03 Å². The molecule has 0 atom stereocenters. The smallest absolute Gasteiger partial charge is 0.319 e. The molecule has 2 saturated carbocycles. The lowest BCUT2D eigenvalue weighted by molar-refractivity contribution is 0.114. The van der Waals surface area contributed by atoms with E-state index in [2.05, 4.69) is 39.0 Å². The van der Waals surface area contributed by atoms with Crippen LogP contribution in [0.3, 0.4) is 0 Å². The van der Waals surface area contributed by atoms with Crippen molar-refractivity contribution >= 4 is 34.4 Å². The van der Waals surface area contributed by atoms with Crippen molar-refractivity contribution < 1.29 is 4.79 Å². The predicted molar refractivity (Wildman–Crippen MR) is 109 cm³/mol. The van der Waals surface area contributed by atoms with E-state index in [0.29, 0.717) is 23.3 Å². The molecule has 2 N–H and O–H groups in total. The Labute approximate surface area is 165 Å². The number of amides is 2. The molecule has 1 aromatic rings. The van der Waals surface area contributed by atoms with E-state index in [1.165, 1.54) is 61.8 Å². The fourth-order valence-corrected chi connectivity index (χ4v) is 5.41. The standard InChI is InChI=1S/C18H31N5OS2/c1-13(2)22-26-18-21-20-16(25-18)19-17(24)23(14-9-5-3-6-10-14)15-11-7-4-8-12-15/h13-15,22H,3-12H2,1-2H3,(H,19,20,24). The molecule has 2 amide bonds. The maximum atomic E-state index is 13.1. The largest absolute Gasteiger partial charge is 0.324 e. The van der Waals surface area contributed by atoms with Crippen LogP contribution in [0.25, 0.3) is 0 Å². The van der Waals surface area contributed by atoms with Gasteiger partial charge in [-0.05, 0) is 51.5 Å². The Bertz CT molecular complexity index is 550. The number of hydrogen-bond donors (Lipinski definition) is 2. The van der Waals surface area contributed by atoms with Crippen molar-refractivity contribution in [2.24, 2.45) is 0 Å². The molecule has 1 heterocycles. The van der Waals surface area contributed by atoms with Gasteiger partial charge in [-0.2, -0.15) is 0 Å². The Morgan fingerprint density at radius 2 is 1.62 bits per heavy atom. The summed E-state index contributed by atoms with van der Waals surface area (Å²) in [5.74, 6) is 0. The summed E-state index contributed by atoms with van der Waals surface area (Å²) in [6.45, 7) is 4.17. The van der Waals surface area contributed by atoms with E-state index in [4.69, 9.17) is 0 Å². The summed E-state index contributed by atoms with van der Waals surface area (Å²) in [5.41, 5.74) is 0. The van der Waals surface area contributed by atoms with Crippen LogP contribution in [-0.4, -0.2) is 39.3 Å². The predicted octanol–water partition coefficient (Wildman–Crippen LogP) is 5.04. The third-order valence-corrected chi connectivity index (χ3v) is 7.15. The monoisotopic (exact) mass is 397 g/mol. The second kappa shape index (κ2) is 9.90. The lowest BCUT2D eigenvalue weighted by Gasteiger charge is -2.41. The number of rotatable bonds is 6. The Morgan fingerprint density at radius 1 is 1.04 bits per heavy atom. The molecule has 1 aromatic heterocycles. The first kappa shape index (κ1) is 19.9. The summed E-state index contributed by atoms with van der Waals surface area (Å²) in [5, 5.41) is 11.9. The fourth-order valence-electron chi connectivity index (χ4n) is 3.97. The highest BCUT2D eigenvalue weighted by atomic mass is 32.2. The minimum Gasteiger partial charge on any atom is -0.319 e. The van der Waals surface area contributed by atoms with Crippen LogP contribution in [0.5, 0.6) is 0 Å². The first-order valence-electron chi connectivity index (χ1n) is 9.98. The fraction of sp³-hybridized carbons (Fsp3) is 0.833. The summed E-state index contributed by atoms with van der Waals surface area (Å²) in [6.07, 6.45) is 12.1. The van der Waals surface area contributed by atoms with Gasteiger partial charge in [0, 0.05) is 18.1 Å². The summed E-state index contributed by atoms with van der Waals surface area (Å²) >= 11 is 2.90. The van der Waals surface area contributed by atoms with Gasteiger partial charge in [0.15, 0.2) is 4.34 Å². The highest BCUT2D eigenvalue weighted by molar-refractivity contribution is 7.99. The van der Waals surface area contributed by atoms with Crippen molar-refractivity contribution in [3.05, 3.63) is 0 Å². The molecule has 0 unspecified atom stereocenters. The molecule has 0 bridgehead atoms. The minimum absolute atomic E-state index is 0.0216. The molecule has 0 aliphatic heterocycles. The maximum absolute atomic E-state index is 13.1. The van der Waals surface area contributed by atoms with Gasteiger partial charge in [-0.25, -0.2) is 4.79 Å². The maximum Gasteiger partial charge on any atom is 0.324 e. The van der Waals surface area contributed by atoms with E-state index in [1.807, 2.05) is 0 Å². The van der Waals surface area contributed by atoms with Crippen LogP contribution in [0.1, 0.15) is 78.1 Å². The van der Waals surface area contributed by atoms with Crippen LogP contribution in [0.2, 0.25) is 0 Å². The van der Waals surface area contributed by atoms with Crippen molar-refractivity contribution in [2.45, 2.75) is 101 Å². The molecule has 3 rings (SSSR count). The molecular formula is C18H31N5OS2. The van der Waals surface area contributed by atoms with E-state index in [9.17, 15) is 4.79 Å². The molecule has 0 radical (unpaired) electrons. The molecule has 0 saturated heterocycles. The minimum atomic E-state index is 0.0216. The van der Waals surface area contributed by atoms with Crippen LogP contribution in [0.4, 0.5) is 9.93 Å². The van der Waals surface area contributed by atoms with E-state index < -0.39 is 0 Å². The number of urea groups is 1. The van der Waals surface area contributed by atoms with E-state index in [1.54, 1.807) is 0 Å². The van der Waals surface area contributed by atoms with Gasteiger partial charge in [0.05, 0.1) is 0 Å². The number of hydrogen-bond acceptors (Lipinski definition) is 6. The highest BCUT2D eigenvalue weighted by Gasteiger charge is 2.32. The molecule has 0 aromatic carbocycles. The molecule has 2 fully saturated rings. The van der Waals surface area contributed by atoms with Gasteiger partial charge in [0.2, 0.25) is 5.13 Å². The molecular weight excluding hydrogens is 366 g/mol.